The maximum atomic E-state index is 13.1. The highest BCUT2D eigenvalue weighted by Gasteiger charge is 2.41. The van der Waals surface area contributed by atoms with Crippen molar-refractivity contribution < 1.29 is 22.7 Å². The third-order valence-corrected chi connectivity index (χ3v) is 5.03. The van der Waals surface area contributed by atoms with Gasteiger partial charge in [0.1, 0.15) is 11.9 Å². The summed E-state index contributed by atoms with van der Waals surface area (Å²) in [5.41, 5.74) is 0.195. The Morgan fingerprint density at radius 2 is 2.11 bits per heavy atom. The van der Waals surface area contributed by atoms with Gasteiger partial charge in [-0.25, -0.2) is 4.39 Å². The number of nitrogens with zero attached hydrogens (tertiary/aromatic N) is 2. The smallest absolute Gasteiger partial charge is 0.321 e. The van der Waals surface area contributed by atoms with E-state index in [1.54, 1.807) is 0 Å². The average Bonchev–Trinajstić information content (AvgIpc) is 2.63. The minimum Gasteiger partial charge on any atom is -0.480 e. The van der Waals surface area contributed by atoms with Crippen molar-refractivity contribution >= 4 is 21.9 Å². The lowest BCUT2D eigenvalue weighted by molar-refractivity contribution is -0.140. The Labute approximate surface area is 110 Å². The number of carboxylic acids is 1. The summed E-state index contributed by atoms with van der Waals surface area (Å²) in [7, 11) is -3.92. The molecule has 1 fully saturated rings. The highest BCUT2D eigenvalue weighted by atomic mass is 32.2. The number of aliphatic carboxylic acids is 1. The van der Waals surface area contributed by atoms with Crippen LogP contribution in [-0.4, -0.2) is 42.9 Å². The van der Waals surface area contributed by atoms with Crippen LogP contribution in [0.5, 0.6) is 0 Å². The number of carbonyl (C=O) groups is 1. The molecule has 6 nitrogen and oxygen atoms in total. The number of hydrogen-bond donors (Lipinski definition) is 1. The van der Waals surface area contributed by atoms with Gasteiger partial charge in [-0.15, -0.1) is 0 Å². The number of benzene rings is 1. The largest absolute Gasteiger partial charge is 0.480 e. The van der Waals surface area contributed by atoms with Gasteiger partial charge in [-0.3, -0.25) is 9.10 Å². The van der Waals surface area contributed by atoms with E-state index in [9.17, 15) is 17.6 Å². The zero-order valence-corrected chi connectivity index (χ0v) is 11.0. The first kappa shape index (κ1) is 13.8. The van der Waals surface area contributed by atoms with Gasteiger partial charge in [-0.05, 0) is 25.1 Å². The van der Waals surface area contributed by atoms with Crippen LogP contribution in [0.15, 0.2) is 24.3 Å². The Balaban J connectivity index is 2.34. The molecule has 19 heavy (non-hydrogen) atoms. The van der Waals surface area contributed by atoms with Crippen LogP contribution < -0.4 is 4.31 Å². The van der Waals surface area contributed by atoms with Crippen molar-refractivity contribution in [3.8, 4) is 0 Å². The van der Waals surface area contributed by atoms with E-state index in [1.165, 1.54) is 25.1 Å². The molecule has 0 spiro atoms. The van der Waals surface area contributed by atoms with Crippen LogP contribution in [0.4, 0.5) is 10.1 Å². The average molecular weight is 288 g/mol. The van der Waals surface area contributed by atoms with E-state index in [0.29, 0.717) is 0 Å². The monoisotopic (exact) mass is 288 g/mol. The molecule has 1 aromatic rings. The van der Waals surface area contributed by atoms with Crippen molar-refractivity contribution in [1.82, 2.24) is 4.31 Å². The molecule has 0 saturated carbocycles. The molecule has 1 heterocycles. The summed E-state index contributed by atoms with van der Waals surface area (Å²) >= 11 is 0. The molecule has 2 rings (SSSR count). The number of carboxylic acid groups (broad SMARTS) is 1. The Bertz CT molecular complexity index is 604. The van der Waals surface area contributed by atoms with Gasteiger partial charge in [0, 0.05) is 13.1 Å². The lowest BCUT2D eigenvalue weighted by atomic mass is 10.3. The van der Waals surface area contributed by atoms with Gasteiger partial charge < -0.3 is 5.11 Å². The van der Waals surface area contributed by atoms with E-state index in [0.717, 1.165) is 14.7 Å². The summed E-state index contributed by atoms with van der Waals surface area (Å²) in [5, 5.41) is 8.89. The molecule has 0 bridgehead atoms. The molecule has 0 aromatic heterocycles. The molecule has 104 valence electrons. The molecule has 1 atom stereocenters. The summed E-state index contributed by atoms with van der Waals surface area (Å²) in [4.78, 5) is 10.9. The van der Waals surface area contributed by atoms with Gasteiger partial charge >= 0.3 is 16.2 Å². The topological polar surface area (TPSA) is 77.9 Å². The second kappa shape index (κ2) is 4.78. The van der Waals surface area contributed by atoms with Gasteiger partial charge in [0.15, 0.2) is 0 Å². The molecule has 1 aromatic carbocycles. The predicted molar refractivity (Wildman–Crippen MR) is 66.5 cm³/mol. The van der Waals surface area contributed by atoms with Crippen LogP contribution >= 0.6 is 0 Å². The van der Waals surface area contributed by atoms with Crippen LogP contribution in [0.3, 0.4) is 0 Å². The second-order valence-corrected chi connectivity index (χ2v) is 5.99. The van der Waals surface area contributed by atoms with Crippen LogP contribution in [0, 0.1) is 5.82 Å². The van der Waals surface area contributed by atoms with Gasteiger partial charge in [0.2, 0.25) is 0 Å². The van der Waals surface area contributed by atoms with E-state index in [1.807, 2.05) is 0 Å². The van der Waals surface area contributed by atoms with E-state index in [-0.39, 0.29) is 18.8 Å². The molecule has 1 unspecified atom stereocenters. The van der Waals surface area contributed by atoms with Crippen LogP contribution in [0.2, 0.25) is 0 Å². The van der Waals surface area contributed by atoms with Crippen LogP contribution in [0.1, 0.15) is 6.92 Å². The van der Waals surface area contributed by atoms with Gasteiger partial charge in [-0.2, -0.15) is 12.7 Å². The first-order chi connectivity index (χ1) is 8.84. The van der Waals surface area contributed by atoms with Gasteiger partial charge in [0.25, 0.3) is 0 Å². The highest BCUT2D eigenvalue weighted by molar-refractivity contribution is 7.90. The van der Waals surface area contributed by atoms with Crippen molar-refractivity contribution in [2.24, 2.45) is 0 Å². The molecular weight excluding hydrogens is 275 g/mol. The SMILES string of the molecule is CC(C(=O)O)N1CCN(c2cccc(F)c2)S1(=O)=O. The fourth-order valence-electron chi connectivity index (χ4n) is 1.96. The lowest BCUT2D eigenvalue weighted by Crippen LogP contribution is -2.42. The van der Waals surface area contributed by atoms with Crippen molar-refractivity contribution in [2.45, 2.75) is 13.0 Å². The molecule has 0 radical (unpaired) electrons. The van der Waals surface area contributed by atoms with Crippen LogP contribution in [-0.2, 0) is 15.0 Å². The molecule has 1 N–H and O–H groups in total. The van der Waals surface area contributed by atoms with E-state index < -0.39 is 28.0 Å². The molecule has 0 aliphatic carbocycles. The number of hydrogen-bond acceptors (Lipinski definition) is 3. The molecule has 8 heteroatoms. The van der Waals surface area contributed by atoms with E-state index in [2.05, 4.69) is 0 Å². The Morgan fingerprint density at radius 3 is 2.68 bits per heavy atom. The zero-order chi connectivity index (χ0) is 14.2. The Hall–Kier alpha value is -1.67. The fourth-order valence-corrected chi connectivity index (χ4v) is 3.70. The first-order valence-electron chi connectivity index (χ1n) is 5.62. The van der Waals surface area contributed by atoms with Crippen molar-refractivity contribution in [3.05, 3.63) is 30.1 Å². The summed E-state index contributed by atoms with van der Waals surface area (Å²) in [6.45, 7) is 1.46. The lowest BCUT2D eigenvalue weighted by Gasteiger charge is -2.22. The Morgan fingerprint density at radius 1 is 1.42 bits per heavy atom. The van der Waals surface area contributed by atoms with Crippen molar-refractivity contribution in [1.29, 1.82) is 0 Å². The van der Waals surface area contributed by atoms with E-state index in [4.69, 9.17) is 5.11 Å². The third kappa shape index (κ3) is 2.41. The fraction of sp³-hybridized carbons (Fsp3) is 0.364. The molecular formula is C11H13FN2O4S. The molecule has 1 saturated heterocycles. The second-order valence-electron chi connectivity index (χ2n) is 4.18. The number of halogens is 1. The highest BCUT2D eigenvalue weighted by Crippen LogP contribution is 2.27. The summed E-state index contributed by atoms with van der Waals surface area (Å²) in [5.74, 6) is -1.76. The quantitative estimate of drug-likeness (QED) is 0.886. The van der Waals surface area contributed by atoms with Crippen molar-refractivity contribution in [2.75, 3.05) is 17.4 Å². The maximum Gasteiger partial charge on any atom is 0.321 e. The summed E-state index contributed by atoms with van der Waals surface area (Å²) < 4.78 is 39.5. The van der Waals surface area contributed by atoms with Gasteiger partial charge in [0.05, 0.1) is 5.69 Å². The normalized spacial score (nSPS) is 20.4. The van der Waals surface area contributed by atoms with Gasteiger partial charge in [-0.1, -0.05) is 6.07 Å². The number of rotatable bonds is 3. The molecule has 1 aliphatic rings. The van der Waals surface area contributed by atoms with Crippen LogP contribution in [0.25, 0.3) is 0 Å². The number of anilines is 1. The first-order valence-corrected chi connectivity index (χ1v) is 7.01. The minimum atomic E-state index is -3.92. The molecule has 0 amide bonds. The maximum absolute atomic E-state index is 13.1. The summed E-state index contributed by atoms with van der Waals surface area (Å²) in [6.07, 6.45) is 0. The van der Waals surface area contributed by atoms with Crippen molar-refractivity contribution in [3.63, 3.8) is 0 Å². The Kier molecular flexibility index (Phi) is 3.46. The molecule has 1 aliphatic heterocycles. The predicted octanol–water partition coefficient (Wildman–Crippen LogP) is 0.666. The standard InChI is InChI=1S/C11H13FN2O4S/c1-8(11(15)16)13-5-6-14(19(13,17)18)10-4-2-3-9(12)7-10/h2-4,7-8H,5-6H2,1H3,(H,15,16). The third-order valence-electron chi connectivity index (χ3n) is 2.98. The summed E-state index contributed by atoms with van der Waals surface area (Å²) in [6, 6.07) is 4.04. The minimum absolute atomic E-state index is 0.0618. The van der Waals surface area contributed by atoms with E-state index >= 15 is 0 Å². The zero-order valence-electron chi connectivity index (χ0n) is 10.2.